The van der Waals surface area contributed by atoms with Crippen LogP contribution in [-0.2, 0) is 12.6 Å². The Hall–Kier alpha value is -1.89. The molecule has 0 aliphatic carbocycles. The van der Waals surface area contributed by atoms with Crippen LogP contribution in [0.3, 0.4) is 0 Å². The number of rotatable bonds is 5. The number of nitrogens with zero attached hydrogens (tertiary/aromatic N) is 3. The highest BCUT2D eigenvalue weighted by molar-refractivity contribution is 5.34. The number of hydrogen-bond acceptors (Lipinski definition) is 3. The third-order valence-corrected chi connectivity index (χ3v) is 2.86. The number of aromatic nitrogens is 3. The quantitative estimate of drug-likeness (QED) is 0.858. The molecular weight excluding hydrogens is 269 g/mol. The van der Waals surface area contributed by atoms with E-state index in [1.54, 1.807) is 6.20 Å². The van der Waals surface area contributed by atoms with Crippen molar-refractivity contribution in [3.05, 3.63) is 41.7 Å². The van der Waals surface area contributed by atoms with Gasteiger partial charge in [-0.05, 0) is 50.7 Å². The first kappa shape index (κ1) is 14.5. The van der Waals surface area contributed by atoms with E-state index >= 15 is 0 Å². The molecule has 2 rings (SSSR count). The van der Waals surface area contributed by atoms with E-state index in [9.17, 15) is 13.2 Å². The van der Waals surface area contributed by atoms with Crippen LogP contribution in [0.1, 0.15) is 17.7 Å². The SMILES string of the molecule is CNCCCc1cn(-c2ccc(C(F)(F)F)cc2)nn1. The lowest BCUT2D eigenvalue weighted by Crippen LogP contribution is -2.08. The van der Waals surface area contributed by atoms with Gasteiger partial charge in [0.1, 0.15) is 0 Å². The maximum Gasteiger partial charge on any atom is 0.416 e. The summed E-state index contributed by atoms with van der Waals surface area (Å²) in [5.74, 6) is 0. The molecule has 0 spiro atoms. The fourth-order valence-corrected chi connectivity index (χ4v) is 1.79. The molecule has 0 bridgehead atoms. The van der Waals surface area contributed by atoms with Crippen LogP contribution in [-0.4, -0.2) is 28.6 Å². The smallest absolute Gasteiger partial charge is 0.320 e. The van der Waals surface area contributed by atoms with Gasteiger partial charge in [0.25, 0.3) is 0 Å². The summed E-state index contributed by atoms with van der Waals surface area (Å²) in [5, 5.41) is 11.0. The van der Waals surface area contributed by atoms with E-state index in [4.69, 9.17) is 0 Å². The summed E-state index contributed by atoms with van der Waals surface area (Å²) < 4.78 is 38.9. The van der Waals surface area contributed by atoms with Crippen LogP contribution in [0.4, 0.5) is 13.2 Å². The number of hydrogen-bond donors (Lipinski definition) is 1. The summed E-state index contributed by atoms with van der Waals surface area (Å²) >= 11 is 0. The molecule has 4 nitrogen and oxygen atoms in total. The molecule has 0 aliphatic rings. The van der Waals surface area contributed by atoms with Crippen LogP contribution >= 0.6 is 0 Å². The fourth-order valence-electron chi connectivity index (χ4n) is 1.79. The first-order chi connectivity index (χ1) is 9.50. The molecule has 0 fully saturated rings. The third kappa shape index (κ3) is 3.57. The maximum atomic E-state index is 12.5. The molecule has 0 saturated heterocycles. The van der Waals surface area contributed by atoms with Gasteiger partial charge in [-0.3, -0.25) is 0 Å². The topological polar surface area (TPSA) is 42.7 Å². The highest BCUT2D eigenvalue weighted by Gasteiger charge is 2.30. The van der Waals surface area contributed by atoms with Gasteiger partial charge >= 0.3 is 6.18 Å². The standard InChI is InChI=1S/C13H15F3N4/c1-17-8-2-3-11-9-20(19-18-11)12-6-4-10(5-7-12)13(14,15)16/h4-7,9,17H,2-3,8H2,1H3. The van der Waals surface area contributed by atoms with Crippen molar-refractivity contribution in [1.82, 2.24) is 20.3 Å². The van der Waals surface area contributed by atoms with Crippen LogP contribution < -0.4 is 5.32 Å². The van der Waals surface area contributed by atoms with Crippen molar-refractivity contribution in [3.63, 3.8) is 0 Å². The fraction of sp³-hybridized carbons (Fsp3) is 0.385. The van der Waals surface area contributed by atoms with E-state index in [-0.39, 0.29) is 0 Å². The molecule has 0 atom stereocenters. The molecule has 0 radical (unpaired) electrons. The normalized spacial score (nSPS) is 11.8. The van der Waals surface area contributed by atoms with Gasteiger partial charge in [-0.15, -0.1) is 5.10 Å². The number of alkyl halides is 3. The number of aryl methyl sites for hydroxylation is 1. The number of nitrogens with one attached hydrogen (secondary N) is 1. The van der Waals surface area contributed by atoms with Gasteiger partial charge in [0, 0.05) is 0 Å². The van der Waals surface area contributed by atoms with Crippen molar-refractivity contribution in [3.8, 4) is 5.69 Å². The van der Waals surface area contributed by atoms with E-state index in [0.29, 0.717) is 5.69 Å². The Kier molecular flexibility index (Phi) is 4.39. The van der Waals surface area contributed by atoms with E-state index in [1.807, 2.05) is 7.05 Å². The van der Waals surface area contributed by atoms with Crippen molar-refractivity contribution in [2.45, 2.75) is 19.0 Å². The van der Waals surface area contributed by atoms with Crippen molar-refractivity contribution in [1.29, 1.82) is 0 Å². The van der Waals surface area contributed by atoms with Crippen molar-refractivity contribution < 1.29 is 13.2 Å². The van der Waals surface area contributed by atoms with Crippen molar-refractivity contribution in [2.24, 2.45) is 0 Å². The Morgan fingerprint density at radius 1 is 1.20 bits per heavy atom. The van der Waals surface area contributed by atoms with Crippen LogP contribution in [0.15, 0.2) is 30.5 Å². The molecule has 1 heterocycles. The Bertz CT molecular complexity index is 545. The first-order valence-electron chi connectivity index (χ1n) is 6.24. The third-order valence-electron chi connectivity index (χ3n) is 2.86. The molecule has 0 saturated carbocycles. The lowest BCUT2D eigenvalue weighted by Gasteiger charge is -2.07. The van der Waals surface area contributed by atoms with Gasteiger partial charge in [-0.2, -0.15) is 13.2 Å². The molecule has 2 aromatic rings. The second kappa shape index (κ2) is 6.04. The zero-order valence-electron chi connectivity index (χ0n) is 11.0. The van der Waals surface area contributed by atoms with Crippen LogP contribution in [0, 0.1) is 0 Å². The maximum absolute atomic E-state index is 12.5. The summed E-state index contributed by atoms with van der Waals surface area (Å²) in [7, 11) is 1.87. The summed E-state index contributed by atoms with van der Waals surface area (Å²) in [5.41, 5.74) is 0.709. The van der Waals surface area contributed by atoms with E-state index in [0.717, 1.165) is 37.2 Å². The molecule has 0 aliphatic heterocycles. The zero-order valence-corrected chi connectivity index (χ0v) is 11.0. The van der Waals surface area contributed by atoms with Crippen molar-refractivity contribution >= 4 is 0 Å². The molecule has 20 heavy (non-hydrogen) atoms. The van der Waals surface area contributed by atoms with Crippen LogP contribution in [0.5, 0.6) is 0 Å². The predicted molar refractivity (Wildman–Crippen MR) is 68.6 cm³/mol. The van der Waals surface area contributed by atoms with Gasteiger partial charge in [0.05, 0.1) is 23.1 Å². The second-order valence-electron chi connectivity index (χ2n) is 4.41. The lowest BCUT2D eigenvalue weighted by molar-refractivity contribution is -0.137. The zero-order chi connectivity index (χ0) is 14.6. The van der Waals surface area contributed by atoms with Gasteiger partial charge in [-0.1, -0.05) is 5.21 Å². The number of halogens is 3. The lowest BCUT2D eigenvalue weighted by atomic mass is 10.2. The van der Waals surface area contributed by atoms with Gasteiger partial charge in [-0.25, -0.2) is 4.68 Å². The summed E-state index contributed by atoms with van der Waals surface area (Å²) in [4.78, 5) is 0. The van der Waals surface area contributed by atoms with Crippen LogP contribution in [0.25, 0.3) is 5.69 Å². The molecule has 1 aromatic carbocycles. The molecule has 108 valence electrons. The van der Waals surface area contributed by atoms with Crippen LogP contribution in [0.2, 0.25) is 0 Å². The van der Waals surface area contributed by atoms with E-state index < -0.39 is 11.7 Å². The van der Waals surface area contributed by atoms with Crippen molar-refractivity contribution in [2.75, 3.05) is 13.6 Å². The summed E-state index contributed by atoms with van der Waals surface area (Å²) in [6.45, 7) is 0.882. The predicted octanol–water partition coefficient (Wildman–Crippen LogP) is 2.44. The molecule has 1 aromatic heterocycles. The average molecular weight is 284 g/mol. The monoisotopic (exact) mass is 284 g/mol. The Morgan fingerprint density at radius 2 is 1.90 bits per heavy atom. The molecule has 0 amide bonds. The minimum atomic E-state index is -4.32. The van der Waals surface area contributed by atoms with E-state index in [1.165, 1.54) is 16.8 Å². The second-order valence-corrected chi connectivity index (χ2v) is 4.41. The minimum Gasteiger partial charge on any atom is -0.320 e. The Balaban J connectivity index is 2.08. The summed E-state index contributed by atoms with van der Waals surface area (Å²) in [6, 6.07) is 4.85. The largest absolute Gasteiger partial charge is 0.416 e. The molecule has 1 N–H and O–H groups in total. The average Bonchev–Trinajstić information content (AvgIpc) is 2.87. The Labute approximate surface area is 114 Å². The van der Waals surface area contributed by atoms with Gasteiger partial charge in [0.15, 0.2) is 0 Å². The minimum absolute atomic E-state index is 0.561. The number of benzene rings is 1. The highest BCUT2D eigenvalue weighted by atomic mass is 19.4. The van der Waals surface area contributed by atoms with Gasteiger partial charge < -0.3 is 5.32 Å². The molecule has 0 unspecified atom stereocenters. The highest BCUT2D eigenvalue weighted by Crippen LogP contribution is 2.29. The molecular formula is C13H15F3N4. The molecule has 7 heteroatoms. The Morgan fingerprint density at radius 3 is 2.50 bits per heavy atom. The van der Waals surface area contributed by atoms with E-state index in [2.05, 4.69) is 15.6 Å². The first-order valence-corrected chi connectivity index (χ1v) is 6.24. The summed E-state index contributed by atoms with van der Waals surface area (Å²) in [6.07, 6.45) is -0.874. The van der Waals surface area contributed by atoms with Gasteiger partial charge in [0.2, 0.25) is 0 Å².